The number of hydrogen-bond donors (Lipinski definition) is 1. The van der Waals surface area contributed by atoms with Gasteiger partial charge in [0.05, 0.1) is 36.9 Å². The van der Waals surface area contributed by atoms with Crippen LogP contribution in [0.3, 0.4) is 0 Å². The highest BCUT2D eigenvalue weighted by Crippen LogP contribution is 2.36. The van der Waals surface area contributed by atoms with E-state index in [9.17, 15) is 20.0 Å². The number of ether oxygens (including phenoxy) is 3. The molecule has 0 aliphatic heterocycles. The van der Waals surface area contributed by atoms with E-state index in [2.05, 4.69) is 0 Å². The van der Waals surface area contributed by atoms with Crippen LogP contribution in [0.15, 0.2) is 35.1 Å². The maximum Gasteiger partial charge on any atom is 0.271 e. The quantitative estimate of drug-likeness (QED) is 0.437. The molecule has 0 aliphatic rings. The van der Waals surface area contributed by atoms with Crippen molar-refractivity contribution >= 4 is 29.0 Å². The predicted octanol–water partition coefficient (Wildman–Crippen LogP) is 4.54. The van der Waals surface area contributed by atoms with Gasteiger partial charge in [0.15, 0.2) is 23.0 Å². The number of aromatic nitrogens is 1. The summed E-state index contributed by atoms with van der Waals surface area (Å²) in [7, 11) is 4.41. The third-order valence-corrected chi connectivity index (χ3v) is 6.13. The van der Waals surface area contributed by atoms with Crippen molar-refractivity contribution in [2.75, 3.05) is 21.3 Å². The average Bonchev–Trinajstić information content (AvgIpc) is 2.83. The second-order valence-electron chi connectivity index (χ2n) is 7.51. The van der Waals surface area contributed by atoms with Crippen LogP contribution in [0.2, 0.25) is 10.0 Å². The fraction of sp³-hybridized carbons (Fsp3) is 0.240. The largest absolute Gasteiger partial charge is 0.494 e. The Balaban J connectivity index is 2.08. The number of aromatic hydroxyl groups is 1. The second kappa shape index (κ2) is 10.7. The lowest BCUT2D eigenvalue weighted by Gasteiger charge is -2.16. The number of hydrogen-bond acceptors (Lipinski definition) is 7. The Hall–Kier alpha value is -3.67. The first-order valence-electron chi connectivity index (χ1n) is 10.3. The lowest BCUT2D eigenvalue weighted by Crippen LogP contribution is -2.27. The Morgan fingerprint density at radius 3 is 2.23 bits per heavy atom. The summed E-state index contributed by atoms with van der Waals surface area (Å²) in [6.07, 6.45) is 0.301. The molecule has 0 unspecified atom stereocenters. The number of ketones is 1. The molecule has 0 spiro atoms. The minimum atomic E-state index is -0.703. The fourth-order valence-corrected chi connectivity index (χ4v) is 4.38. The smallest absolute Gasteiger partial charge is 0.271 e. The molecular formula is C25H22Cl2N2O6. The van der Waals surface area contributed by atoms with Crippen molar-refractivity contribution in [1.82, 2.24) is 4.57 Å². The van der Waals surface area contributed by atoms with Gasteiger partial charge in [-0.15, -0.1) is 0 Å². The molecule has 0 bridgehead atoms. The number of methoxy groups -OCH3 is 3. The summed E-state index contributed by atoms with van der Waals surface area (Å²) in [5.41, 5.74) is -0.228. The van der Waals surface area contributed by atoms with Crippen LogP contribution in [0, 0.1) is 18.3 Å². The molecular weight excluding hydrogens is 495 g/mol. The van der Waals surface area contributed by atoms with Crippen LogP contribution >= 0.6 is 23.2 Å². The molecule has 3 rings (SSSR count). The lowest BCUT2D eigenvalue weighted by molar-refractivity contribution is 0.103. The van der Waals surface area contributed by atoms with Crippen molar-refractivity contribution in [3.63, 3.8) is 0 Å². The number of aryl methyl sites for hydroxylation is 1. The Morgan fingerprint density at radius 1 is 1.06 bits per heavy atom. The first-order valence-corrected chi connectivity index (χ1v) is 11.1. The van der Waals surface area contributed by atoms with Crippen molar-refractivity contribution in [2.45, 2.75) is 19.9 Å². The fourth-order valence-electron chi connectivity index (χ4n) is 3.74. The van der Waals surface area contributed by atoms with Gasteiger partial charge in [0.1, 0.15) is 11.6 Å². The van der Waals surface area contributed by atoms with Crippen molar-refractivity contribution in [3.8, 4) is 29.2 Å². The Kier molecular flexibility index (Phi) is 7.95. The molecule has 0 saturated carbocycles. The van der Waals surface area contributed by atoms with Gasteiger partial charge in [0, 0.05) is 12.1 Å². The topological polar surface area (TPSA) is 111 Å². The third-order valence-electron chi connectivity index (χ3n) is 5.56. The molecule has 0 fully saturated rings. The summed E-state index contributed by atoms with van der Waals surface area (Å²) in [5.74, 6) is 0.0432. The SMILES string of the molecule is COc1ccc(CCn2c(O)c(C(=O)c3cc(Cl)c(OC)c(Cl)c3)c(C)c(C#N)c2=O)cc1OC. The summed E-state index contributed by atoms with van der Waals surface area (Å²) in [5, 5.41) is 20.8. The van der Waals surface area contributed by atoms with E-state index in [-0.39, 0.29) is 44.6 Å². The highest BCUT2D eigenvalue weighted by atomic mass is 35.5. The normalized spacial score (nSPS) is 10.5. The number of carbonyl (C=O) groups is 1. The highest BCUT2D eigenvalue weighted by Gasteiger charge is 2.26. The number of rotatable bonds is 8. The van der Waals surface area contributed by atoms with Gasteiger partial charge in [-0.25, -0.2) is 0 Å². The molecule has 10 heteroatoms. The molecule has 1 heterocycles. The maximum atomic E-state index is 13.4. The lowest BCUT2D eigenvalue weighted by atomic mass is 9.97. The van der Waals surface area contributed by atoms with E-state index in [4.69, 9.17) is 37.4 Å². The molecule has 0 radical (unpaired) electrons. The van der Waals surface area contributed by atoms with Crippen LogP contribution in [0.1, 0.15) is 32.6 Å². The number of nitrogens with zero attached hydrogens (tertiary/aromatic N) is 2. The first-order chi connectivity index (χ1) is 16.7. The highest BCUT2D eigenvalue weighted by molar-refractivity contribution is 6.38. The van der Waals surface area contributed by atoms with Gasteiger partial charge in [-0.1, -0.05) is 29.3 Å². The molecule has 35 heavy (non-hydrogen) atoms. The molecule has 0 saturated heterocycles. The van der Waals surface area contributed by atoms with Gasteiger partial charge in [-0.3, -0.25) is 14.2 Å². The minimum Gasteiger partial charge on any atom is -0.494 e. The molecule has 0 aliphatic carbocycles. The van der Waals surface area contributed by atoms with E-state index in [1.165, 1.54) is 40.4 Å². The van der Waals surface area contributed by atoms with Crippen LogP contribution in [-0.2, 0) is 13.0 Å². The molecule has 8 nitrogen and oxygen atoms in total. The van der Waals surface area contributed by atoms with E-state index in [0.29, 0.717) is 17.9 Å². The van der Waals surface area contributed by atoms with E-state index >= 15 is 0 Å². The van der Waals surface area contributed by atoms with Crippen LogP contribution in [0.4, 0.5) is 0 Å². The zero-order chi connectivity index (χ0) is 25.9. The monoisotopic (exact) mass is 516 g/mol. The van der Waals surface area contributed by atoms with Gasteiger partial charge in [0.25, 0.3) is 5.56 Å². The average molecular weight is 517 g/mol. The Morgan fingerprint density at radius 2 is 1.69 bits per heavy atom. The Bertz CT molecular complexity index is 1390. The summed E-state index contributed by atoms with van der Waals surface area (Å²) in [6.45, 7) is 1.43. The van der Waals surface area contributed by atoms with Gasteiger partial charge in [-0.05, 0) is 48.7 Å². The second-order valence-corrected chi connectivity index (χ2v) is 8.32. The molecule has 0 amide bonds. The van der Waals surface area contributed by atoms with Crippen molar-refractivity contribution in [3.05, 3.63) is 78.5 Å². The number of halogens is 2. The van der Waals surface area contributed by atoms with Crippen molar-refractivity contribution in [2.24, 2.45) is 0 Å². The van der Waals surface area contributed by atoms with Gasteiger partial charge >= 0.3 is 0 Å². The van der Waals surface area contributed by atoms with E-state index < -0.39 is 17.2 Å². The van der Waals surface area contributed by atoms with Crippen molar-refractivity contribution < 1.29 is 24.1 Å². The molecule has 1 N–H and O–H groups in total. The maximum absolute atomic E-state index is 13.4. The zero-order valence-corrected chi connectivity index (χ0v) is 21.0. The Labute approximate surface area is 211 Å². The van der Waals surface area contributed by atoms with Gasteiger partial charge in [0.2, 0.25) is 5.88 Å². The van der Waals surface area contributed by atoms with Crippen LogP contribution in [-0.4, -0.2) is 36.8 Å². The first kappa shape index (κ1) is 25.9. The van der Waals surface area contributed by atoms with Crippen LogP contribution < -0.4 is 19.8 Å². The van der Waals surface area contributed by atoms with E-state index in [0.717, 1.165) is 10.1 Å². The number of nitriles is 1. The standard InChI is InChI=1S/C25H22Cl2N2O6/c1-13-16(12-28)24(31)29(8-7-14-5-6-19(33-2)20(9-14)34-3)25(32)21(13)22(30)15-10-17(26)23(35-4)18(27)11-15/h5-6,9-11,32H,7-8H2,1-4H3. The molecule has 0 atom stereocenters. The molecule has 182 valence electrons. The number of pyridine rings is 1. The van der Waals surface area contributed by atoms with Crippen LogP contribution in [0.5, 0.6) is 23.1 Å². The predicted molar refractivity (Wildman–Crippen MR) is 132 cm³/mol. The number of carbonyl (C=O) groups excluding carboxylic acids is 1. The van der Waals surface area contributed by atoms with Crippen molar-refractivity contribution in [1.29, 1.82) is 5.26 Å². The summed E-state index contributed by atoms with van der Waals surface area (Å²) in [6, 6.07) is 9.79. The summed E-state index contributed by atoms with van der Waals surface area (Å²) >= 11 is 12.3. The summed E-state index contributed by atoms with van der Waals surface area (Å²) in [4.78, 5) is 26.3. The number of benzene rings is 2. The van der Waals surface area contributed by atoms with Crippen LogP contribution in [0.25, 0.3) is 0 Å². The van der Waals surface area contributed by atoms with E-state index in [1.807, 2.05) is 6.07 Å². The molecule has 2 aromatic carbocycles. The van der Waals surface area contributed by atoms with Gasteiger partial charge in [-0.2, -0.15) is 5.26 Å². The molecule has 3 aromatic rings. The summed E-state index contributed by atoms with van der Waals surface area (Å²) < 4.78 is 16.6. The van der Waals surface area contributed by atoms with E-state index in [1.54, 1.807) is 18.2 Å². The zero-order valence-electron chi connectivity index (χ0n) is 19.4. The minimum absolute atomic E-state index is 0.000481. The van der Waals surface area contributed by atoms with Gasteiger partial charge < -0.3 is 19.3 Å². The third kappa shape index (κ3) is 4.92. The molecule has 1 aromatic heterocycles.